The predicted molar refractivity (Wildman–Crippen MR) is 71.0 cm³/mol. The first-order valence-corrected chi connectivity index (χ1v) is 6.03. The van der Waals surface area contributed by atoms with Crippen molar-refractivity contribution in [2.45, 2.75) is 13.3 Å². The van der Waals surface area contributed by atoms with Crippen LogP contribution in [0.1, 0.15) is 11.3 Å². The van der Waals surface area contributed by atoms with E-state index in [0.29, 0.717) is 29.5 Å². The zero-order chi connectivity index (χ0) is 13.1. The molecule has 0 spiro atoms. The number of benzene rings is 1. The smallest absolute Gasteiger partial charge is 0.167 e. The summed E-state index contributed by atoms with van der Waals surface area (Å²) >= 11 is 6.11. The molecule has 2 N–H and O–H groups in total. The Balaban J connectivity index is 2.40. The number of ether oxygens (including phenoxy) is 1. The second-order valence-corrected chi connectivity index (χ2v) is 4.43. The number of aromatic nitrogens is 1. The van der Waals surface area contributed by atoms with Crippen molar-refractivity contribution in [1.29, 1.82) is 0 Å². The molecule has 1 heterocycles. The number of rotatable bonds is 4. The van der Waals surface area contributed by atoms with E-state index >= 15 is 0 Å². The van der Waals surface area contributed by atoms with Crippen molar-refractivity contribution < 1.29 is 9.26 Å². The van der Waals surface area contributed by atoms with Gasteiger partial charge in [-0.2, -0.15) is 0 Å². The van der Waals surface area contributed by atoms with E-state index in [2.05, 4.69) is 5.16 Å². The van der Waals surface area contributed by atoms with Gasteiger partial charge < -0.3 is 15.0 Å². The second-order valence-electron chi connectivity index (χ2n) is 4.02. The van der Waals surface area contributed by atoms with Crippen molar-refractivity contribution in [3.63, 3.8) is 0 Å². The number of halogens is 1. The second kappa shape index (κ2) is 5.42. The van der Waals surface area contributed by atoms with E-state index in [4.69, 9.17) is 26.6 Å². The molecular weight excluding hydrogens is 252 g/mol. The quantitative estimate of drug-likeness (QED) is 0.924. The molecule has 18 heavy (non-hydrogen) atoms. The number of hydrogen-bond acceptors (Lipinski definition) is 4. The third-order valence-electron chi connectivity index (χ3n) is 2.72. The van der Waals surface area contributed by atoms with E-state index in [1.807, 2.05) is 25.1 Å². The number of methoxy groups -OCH3 is 1. The molecule has 0 unspecified atom stereocenters. The maximum atomic E-state index is 6.11. The van der Waals surface area contributed by atoms with Crippen molar-refractivity contribution >= 4 is 11.6 Å². The molecule has 0 bridgehead atoms. The molecule has 0 aliphatic rings. The van der Waals surface area contributed by atoms with E-state index in [9.17, 15) is 0 Å². The zero-order valence-corrected chi connectivity index (χ0v) is 11.1. The third kappa shape index (κ3) is 2.49. The third-order valence-corrected chi connectivity index (χ3v) is 3.02. The van der Waals surface area contributed by atoms with Gasteiger partial charge in [-0.1, -0.05) is 16.8 Å². The van der Waals surface area contributed by atoms with Crippen LogP contribution in [0.2, 0.25) is 5.02 Å². The number of hydrogen-bond donors (Lipinski definition) is 1. The Morgan fingerprint density at radius 2 is 2.17 bits per heavy atom. The SMILES string of the molecule is COc1cc(C)c(-c2cc(CCN)no2)cc1Cl. The fraction of sp³-hybridized carbons (Fsp3) is 0.308. The molecule has 0 saturated heterocycles. The van der Waals surface area contributed by atoms with Crippen LogP contribution in [0.5, 0.6) is 5.75 Å². The Bertz CT molecular complexity index is 552. The average molecular weight is 267 g/mol. The highest BCUT2D eigenvalue weighted by Crippen LogP contribution is 2.33. The summed E-state index contributed by atoms with van der Waals surface area (Å²) in [5.41, 5.74) is 8.26. The van der Waals surface area contributed by atoms with Gasteiger partial charge in [0.2, 0.25) is 0 Å². The molecule has 96 valence electrons. The molecule has 4 nitrogen and oxygen atoms in total. The summed E-state index contributed by atoms with van der Waals surface area (Å²) in [4.78, 5) is 0. The summed E-state index contributed by atoms with van der Waals surface area (Å²) in [7, 11) is 1.59. The molecule has 0 amide bonds. The van der Waals surface area contributed by atoms with Gasteiger partial charge in [0.05, 0.1) is 17.8 Å². The van der Waals surface area contributed by atoms with Crippen LogP contribution in [0.4, 0.5) is 0 Å². The van der Waals surface area contributed by atoms with E-state index in [0.717, 1.165) is 16.8 Å². The van der Waals surface area contributed by atoms with Gasteiger partial charge in [0.25, 0.3) is 0 Å². The average Bonchev–Trinajstić information content (AvgIpc) is 2.80. The van der Waals surface area contributed by atoms with Gasteiger partial charge in [-0.15, -0.1) is 0 Å². The van der Waals surface area contributed by atoms with Crippen molar-refractivity contribution in [3.8, 4) is 17.1 Å². The summed E-state index contributed by atoms with van der Waals surface area (Å²) in [5.74, 6) is 1.35. The van der Waals surface area contributed by atoms with Crippen LogP contribution in [0, 0.1) is 6.92 Å². The Morgan fingerprint density at radius 3 is 2.83 bits per heavy atom. The molecule has 1 aromatic heterocycles. The maximum Gasteiger partial charge on any atom is 0.167 e. The zero-order valence-electron chi connectivity index (χ0n) is 10.4. The van der Waals surface area contributed by atoms with Gasteiger partial charge in [-0.05, 0) is 31.2 Å². The Morgan fingerprint density at radius 1 is 1.39 bits per heavy atom. The van der Waals surface area contributed by atoms with Gasteiger partial charge in [-0.25, -0.2) is 0 Å². The summed E-state index contributed by atoms with van der Waals surface area (Å²) in [5, 5.41) is 4.52. The monoisotopic (exact) mass is 266 g/mol. The van der Waals surface area contributed by atoms with Gasteiger partial charge in [0.1, 0.15) is 5.75 Å². The molecule has 0 saturated carbocycles. The summed E-state index contributed by atoms with van der Waals surface area (Å²) in [6.07, 6.45) is 0.701. The lowest BCUT2D eigenvalue weighted by molar-refractivity contribution is 0.414. The molecule has 0 atom stereocenters. The highest BCUT2D eigenvalue weighted by atomic mass is 35.5. The highest BCUT2D eigenvalue weighted by molar-refractivity contribution is 6.32. The summed E-state index contributed by atoms with van der Waals surface area (Å²) in [6, 6.07) is 5.59. The van der Waals surface area contributed by atoms with Gasteiger partial charge in [0, 0.05) is 18.1 Å². The van der Waals surface area contributed by atoms with Crippen LogP contribution in [0.15, 0.2) is 22.7 Å². The van der Waals surface area contributed by atoms with Crippen LogP contribution >= 0.6 is 11.6 Å². The number of aryl methyl sites for hydroxylation is 1. The minimum Gasteiger partial charge on any atom is -0.495 e. The maximum absolute atomic E-state index is 6.11. The van der Waals surface area contributed by atoms with Crippen LogP contribution in [-0.2, 0) is 6.42 Å². The first-order valence-electron chi connectivity index (χ1n) is 5.66. The van der Waals surface area contributed by atoms with Gasteiger partial charge >= 0.3 is 0 Å². The number of nitrogens with two attached hydrogens (primary N) is 1. The Kier molecular flexibility index (Phi) is 3.89. The minimum absolute atomic E-state index is 0.550. The van der Waals surface area contributed by atoms with E-state index in [1.165, 1.54) is 0 Å². The molecule has 2 rings (SSSR count). The summed E-state index contributed by atoms with van der Waals surface area (Å²) in [6.45, 7) is 2.52. The van der Waals surface area contributed by atoms with Crippen LogP contribution < -0.4 is 10.5 Å². The van der Waals surface area contributed by atoms with Crippen molar-refractivity contribution in [3.05, 3.63) is 34.5 Å². The number of nitrogens with zero attached hydrogens (tertiary/aromatic N) is 1. The lowest BCUT2D eigenvalue weighted by Gasteiger charge is -2.07. The molecule has 0 aliphatic carbocycles. The summed E-state index contributed by atoms with van der Waals surface area (Å²) < 4.78 is 10.5. The molecule has 0 aliphatic heterocycles. The van der Waals surface area contributed by atoms with Gasteiger partial charge in [0.15, 0.2) is 5.76 Å². The normalized spacial score (nSPS) is 10.7. The Hall–Kier alpha value is -1.52. The Labute approximate surface area is 111 Å². The van der Waals surface area contributed by atoms with Crippen molar-refractivity contribution in [2.24, 2.45) is 5.73 Å². The van der Waals surface area contributed by atoms with E-state index in [-0.39, 0.29) is 0 Å². The molecule has 1 aromatic carbocycles. The minimum atomic E-state index is 0.550. The molecule has 0 fully saturated rings. The standard InChI is InChI=1S/C13H15ClN2O2/c1-8-5-13(17-2)11(14)7-10(8)12-6-9(3-4-15)16-18-12/h5-7H,3-4,15H2,1-2H3. The first-order chi connectivity index (χ1) is 8.65. The molecule has 5 heteroatoms. The van der Waals surface area contributed by atoms with E-state index < -0.39 is 0 Å². The first kappa shape index (κ1) is 12.9. The fourth-order valence-electron chi connectivity index (χ4n) is 1.78. The van der Waals surface area contributed by atoms with Crippen molar-refractivity contribution in [1.82, 2.24) is 5.16 Å². The van der Waals surface area contributed by atoms with Crippen LogP contribution in [0.3, 0.4) is 0 Å². The molecule has 2 aromatic rings. The fourth-order valence-corrected chi connectivity index (χ4v) is 2.02. The largest absolute Gasteiger partial charge is 0.495 e. The molecular formula is C13H15ClN2O2. The lowest BCUT2D eigenvalue weighted by Crippen LogP contribution is -2.02. The van der Waals surface area contributed by atoms with Crippen LogP contribution in [0.25, 0.3) is 11.3 Å². The highest BCUT2D eigenvalue weighted by Gasteiger charge is 2.12. The van der Waals surface area contributed by atoms with E-state index in [1.54, 1.807) is 7.11 Å². The predicted octanol–water partition coefficient (Wildman–Crippen LogP) is 2.81. The van der Waals surface area contributed by atoms with Gasteiger partial charge in [-0.3, -0.25) is 0 Å². The van der Waals surface area contributed by atoms with Crippen LogP contribution in [-0.4, -0.2) is 18.8 Å². The van der Waals surface area contributed by atoms with Crippen molar-refractivity contribution in [2.75, 3.05) is 13.7 Å². The topological polar surface area (TPSA) is 61.3 Å². The molecule has 0 radical (unpaired) electrons. The lowest BCUT2D eigenvalue weighted by atomic mass is 10.1.